The molecule has 5 nitrogen and oxygen atoms in total. The van der Waals surface area contributed by atoms with Gasteiger partial charge >= 0.3 is 0 Å². The third-order valence-electron chi connectivity index (χ3n) is 2.90. The van der Waals surface area contributed by atoms with Gasteiger partial charge in [-0.2, -0.15) is 0 Å². The number of β-amino-alcohol motifs (C(OH)–C–C–N with tert-alkyl or cyclic N) is 2. The van der Waals surface area contributed by atoms with Crippen molar-refractivity contribution in [1.82, 2.24) is 0 Å². The van der Waals surface area contributed by atoms with Crippen molar-refractivity contribution in [1.29, 1.82) is 0 Å². The van der Waals surface area contributed by atoms with Gasteiger partial charge in [0.05, 0.1) is 30.7 Å². The second-order valence-electron chi connectivity index (χ2n) is 4.09. The molecule has 2 rings (SSSR count). The van der Waals surface area contributed by atoms with E-state index < -0.39 is 18.0 Å². The summed E-state index contributed by atoms with van der Waals surface area (Å²) in [7, 11) is 1.37. The number of ether oxygens (including phenoxy) is 1. The van der Waals surface area contributed by atoms with E-state index in [1.807, 2.05) is 0 Å². The molecule has 0 radical (unpaired) electrons. The van der Waals surface area contributed by atoms with E-state index >= 15 is 0 Å². The summed E-state index contributed by atoms with van der Waals surface area (Å²) in [4.78, 5) is 1.70. The van der Waals surface area contributed by atoms with Crippen LogP contribution in [0.25, 0.3) is 0 Å². The zero-order chi connectivity index (χ0) is 12.6. The molecule has 1 saturated heterocycles. The summed E-state index contributed by atoms with van der Waals surface area (Å²) >= 11 is 0. The maximum atomic E-state index is 13.3. The van der Waals surface area contributed by atoms with E-state index in [9.17, 15) is 14.6 Å². The van der Waals surface area contributed by atoms with Gasteiger partial charge in [0.25, 0.3) is 0 Å². The molecule has 0 aromatic heterocycles. The van der Waals surface area contributed by atoms with Gasteiger partial charge in [-0.3, -0.25) is 0 Å². The van der Waals surface area contributed by atoms with Crippen molar-refractivity contribution in [2.24, 2.45) is 0 Å². The van der Waals surface area contributed by atoms with E-state index in [1.54, 1.807) is 4.90 Å². The fourth-order valence-corrected chi connectivity index (χ4v) is 1.95. The average molecular weight is 242 g/mol. The predicted molar refractivity (Wildman–Crippen MR) is 61.6 cm³/mol. The number of hydrogen-bond donors (Lipinski definition) is 3. The molecule has 0 spiro atoms. The van der Waals surface area contributed by atoms with Crippen LogP contribution in [0.15, 0.2) is 12.1 Å². The minimum absolute atomic E-state index is 0.0880. The van der Waals surface area contributed by atoms with Gasteiger partial charge in [-0.25, -0.2) is 4.39 Å². The number of nitrogens with two attached hydrogens (primary N) is 1. The number of hydrogen-bond acceptors (Lipinski definition) is 5. The van der Waals surface area contributed by atoms with E-state index in [0.29, 0.717) is 5.69 Å². The van der Waals surface area contributed by atoms with Crippen LogP contribution >= 0.6 is 0 Å². The predicted octanol–water partition coefficient (Wildman–Crippen LogP) is -0.0417. The molecule has 1 aromatic carbocycles. The SMILES string of the molecule is COc1cc(N2CC(O)C(O)C2)c(N)cc1F. The largest absolute Gasteiger partial charge is 0.494 e. The Morgan fingerprint density at radius 1 is 1.35 bits per heavy atom. The first-order valence-corrected chi connectivity index (χ1v) is 5.27. The van der Waals surface area contributed by atoms with Crippen LogP contribution in [-0.2, 0) is 0 Å². The number of aliphatic hydroxyl groups excluding tert-OH is 2. The molecule has 0 aliphatic carbocycles. The topological polar surface area (TPSA) is 79.0 Å². The average Bonchev–Trinajstić information content (AvgIpc) is 2.59. The Hall–Kier alpha value is -1.53. The van der Waals surface area contributed by atoms with Crippen LogP contribution in [0.5, 0.6) is 5.75 Å². The first kappa shape index (κ1) is 11.9. The monoisotopic (exact) mass is 242 g/mol. The van der Waals surface area contributed by atoms with Gasteiger partial charge in [-0.1, -0.05) is 0 Å². The standard InChI is InChI=1S/C11H15FN2O3/c1-17-11-3-8(7(13)2-6(11)12)14-4-9(15)10(16)5-14/h2-3,9-10,15-16H,4-5,13H2,1H3. The summed E-state index contributed by atoms with van der Waals surface area (Å²) < 4.78 is 18.2. The van der Waals surface area contributed by atoms with Gasteiger partial charge in [-0.05, 0) is 0 Å². The summed E-state index contributed by atoms with van der Waals surface area (Å²) in [6.07, 6.45) is -1.63. The molecule has 1 aliphatic heterocycles. The molecule has 94 valence electrons. The third kappa shape index (κ3) is 2.13. The second kappa shape index (κ2) is 4.38. The van der Waals surface area contributed by atoms with Gasteiger partial charge in [0.1, 0.15) is 0 Å². The van der Waals surface area contributed by atoms with E-state index in [-0.39, 0.29) is 24.5 Å². The molecule has 0 bridgehead atoms. The van der Waals surface area contributed by atoms with Crippen molar-refractivity contribution < 1.29 is 19.3 Å². The Morgan fingerprint density at radius 2 is 1.94 bits per heavy atom. The van der Waals surface area contributed by atoms with Crippen LogP contribution in [0.4, 0.5) is 15.8 Å². The van der Waals surface area contributed by atoms with Gasteiger partial charge in [0.15, 0.2) is 11.6 Å². The molecular weight excluding hydrogens is 227 g/mol. The molecule has 0 amide bonds. The van der Waals surface area contributed by atoms with Crippen LogP contribution in [0.3, 0.4) is 0 Å². The van der Waals surface area contributed by atoms with Gasteiger partial charge < -0.3 is 25.6 Å². The van der Waals surface area contributed by atoms with Gasteiger partial charge in [-0.15, -0.1) is 0 Å². The number of nitrogen functional groups attached to an aromatic ring is 1. The van der Waals surface area contributed by atoms with Crippen LogP contribution in [0.2, 0.25) is 0 Å². The maximum absolute atomic E-state index is 13.3. The molecule has 17 heavy (non-hydrogen) atoms. The van der Waals surface area contributed by atoms with E-state index in [0.717, 1.165) is 0 Å². The molecule has 2 unspecified atom stereocenters. The minimum Gasteiger partial charge on any atom is -0.494 e. The number of halogens is 1. The van der Waals surface area contributed by atoms with Crippen molar-refractivity contribution in [3.63, 3.8) is 0 Å². The third-order valence-corrected chi connectivity index (χ3v) is 2.90. The lowest BCUT2D eigenvalue weighted by Crippen LogP contribution is -2.22. The van der Waals surface area contributed by atoms with Gasteiger partial charge in [0, 0.05) is 25.2 Å². The van der Waals surface area contributed by atoms with Crippen LogP contribution in [-0.4, -0.2) is 42.6 Å². The molecule has 0 saturated carbocycles. The molecule has 1 aromatic rings. The highest BCUT2D eigenvalue weighted by Gasteiger charge is 2.31. The number of anilines is 2. The summed E-state index contributed by atoms with van der Waals surface area (Å²) in [5.41, 5.74) is 6.52. The lowest BCUT2D eigenvalue weighted by molar-refractivity contribution is 0.0572. The highest BCUT2D eigenvalue weighted by molar-refractivity contribution is 5.70. The zero-order valence-corrected chi connectivity index (χ0v) is 9.43. The number of nitrogens with zero attached hydrogens (tertiary/aromatic N) is 1. The summed E-state index contributed by atoms with van der Waals surface area (Å²) in [5.74, 6) is -0.445. The van der Waals surface area contributed by atoms with Crippen molar-refractivity contribution in [3.8, 4) is 5.75 Å². The lowest BCUT2D eigenvalue weighted by Gasteiger charge is -2.20. The number of methoxy groups -OCH3 is 1. The Morgan fingerprint density at radius 3 is 2.47 bits per heavy atom. The van der Waals surface area contributed by atoms with Crippen LogP contribution in [0, 0.1) is 5.82 Å². The van der Waals surface area contributed by atoms with Gasteiger partial charge in [0.2, 0.25) is 0 Å². The first-order chi connectivity index (χ1) is 8.02. The molecule has 2 atom stereocenters. The number of aliphatic hydroxyl groups is 2. The lowest BCUT2D eigenvalue weighted by atomic mass is 10.2. The van der Waals surface area contributed by atoms with Crippen molar-refractivity contribution in [2.75, 3.05) is 30.8 Å². The van der Waals surface area contributed by atoms with Crippen molar-refractivity contribution >= 4 is 11.4 Å². The Bertz CT molecular complexity index is 417. The summed E-state index contributed by atoms with van der Waals surface area (Å²) in [6.45, 7) is 0.528. The van der Waals surface area contributed by atoms with E-state index in [4.69, 9.17) is 10.5 Å². The number of rotatable bonds is 2. The quantitative estimate of drug-likeness (QED) is 0.634. The highest BCUT2D eigenvalue weighted by atomic mass is 19.1. The number of benzene rings is 1. The summed E-state index contributed by atoms with van der Waals surface area (Å²) in [5, 5.41) is 18.9. The maximum Gasteiger partial charge on any atom is 0.167 e. The Balaban J connectivity index is 2.33. The van der Waals surface area contributed by atoms with Crippen molar-refractivity contribution in [2.45, 2.75) is 12.2 Å². The minimum atomic E-state index is -0.814. The summed E-state index contributed by atoms with van der Waals surface area (Å²) in [6, 6.07) is 2.64. The second-order valence-corrected chi connectivity index (χ2v) is 4.09. The molecule has 1 heterocycles. The van der Waals surface area contributed by atoms with E-state index in [2.05, 4.69) is 0 Å². The van der Waals surface area contributed by atoms with Crippen LogP contribution < -0.4 is 15.4 Å². The zero-order valence-electron chi connectivity index (χ0n) is 9.43. The fraction of sp³-hybridized carbons (Fsp3) is 0.455. The Labute approximate surface area is 98.2 Å². The molecular formula is C11H15FN2O3. The smallest absolute Gasteiger partial charge is 0.167 e. The molecule has 6 heteroatoms. The Kier molecular flexibility index (Phi) is 3.08. The van der Waals surface area contributed by atoms with Crippen LogP contribution in [0.1, 0.15) is 0 Å². The fourth-order valence-electron chi connectivity index (χ4n) is 1.95. The first-order valence-electron chi connectivity index (χ1n) is 5.27. The highest BCUT2D eigenvalue weighted by Crippen LogP contribution is 2.32. The van der Waals surface area contributed by atoms with Crippen molar-refractivity contribution in [3.05, 3.63) is 17.9 Å². The normalized spacial score (nSPS) is 24.1. The molecule has 1 aliphatic rings. The molecule has 4 N–H and O–H groups in total. The van der Waals surface area contributed by atoms with E-state index in [1.165, 1.54) is 19.2 Å². The molecule has 1 fully saturated rings.